The van der Waals surface area contributed by atoms with Gasteiger partial charge in [0.15, 0.2) is 0 Å². The molecule has 0 unspecified atom stereocenters. The van der Waals surface area contributed by atoms with E-state index in [1.807, 2.05) is 0 Å². The lowest BCUT2D eigenvalue weighted by Crippen LogP contribution is -2.58. The smallest absolute Gasteiger partial charge is 0.256 e. The molecule has 0 amide bonds. The number of fused-ring (bicyclic) bond motifs is 22. The van der Waals surface area contributed by atoms with Crippen molar-refractivity contribution in [3.63, 3.8) is 0 Å². The van der Waals surface area contributed by atoms with Crippen LogP contribution in [-0.4, -0.2) is 15.8 Å². The van der Waals surface area contributed by atoms with Crippen molar-refractivity contribution < 1.29 is 4.74 Å². The molecule has 0 bridgehead atoms. The van der Waals surface area contributed by atoms with Crippen LogP contribution < -0.4 is 21.1 Å². The highest BCUT2D eigenvalue weighted by Gasteiger charge is 2.54. The second-order valence-electron chi connectivity index (χ2n) is 21.6. The molecule has 15 rings (SSSR count). The molecule has 1 spiro atoms. The first-order chi connectivity index (χ1) is 32.5. The average Bonchev–Trinajstić information content (AvgIpc) is 4.05. The van der Waals surface area contributed by atoms with Gasteiger partial charge in [-0.2, -0.15) is 0 Å². The molecule has 0 fully saturated rings. The van der Waals surface area contributed by atoms with Crippen molar-refractivity contribution in [2.24, 2.45) is 0 Å². The molecule has 0 radical (unpaired) electrons. The molecule has 9 aromatic carbocycles. The van der Waals surface area contributed by atoms with Gasteiger partial charge in [0.1, 0.15) is 11.5 Å². The van der Waals surface area contributed by atoms with Crippen molar-refractivity contribution >= 4 is 66.7 Å². The third-order valence-electron chi connectivity index (χ3n) is 16.1. The predicted molar refractivity (Wildman–Crippen MR) is 280 cm³/mol. The monoisotopic (exact) mass is 858 g/mol. The van der Waals surface area contributed by atoms with Crippen LogP contribution in [-0.2, 0) is 16.2 Å². The van der Waals surface area contributed by atoms with E-state index in [4.69, 9.17) is 4.74 Å². The van der Waals surface area contributed by atoms with Crippen molar-refractivity contribution in [1.29, 1.82) is 0 Å². The minimum absolute atomic E-state index is 0.00579. The zero-order chi connectivity index (χ0) is 44.9. The van der Waals surface area contributed by atoms with E-state index in [1.54, 1.807) is 0 Å². The second kappa shape index (κ2) is 12.5. The van der Waals surface area contributed by atoms with E-state index >= 15 is 0 Å². The van der Waals surface area contributed by atoms with E-state index in [9.17, 15) is 0 Å². The number of para-hydroxylation sites is 2. The summed E-state index contributed by atoms with van der Waals surface area (Å²) >= 11 is 0. The molecule has 4 aliphatic rings. The Morgan fingerprint density at radius 1 is 0.463 bits per heavy atom. The van der Waals surface area contributed by atoms with Crippen LogP contribution in [0.1, 0.15) is 74.9 Å². The van der Waals surface area contributed by atoms with Gasteiger partial charge in [0.25, 0.3) is 6.71 Å². The quantitative estimate of drug-likeness (QED) is 0.151. The fraction of sp³-hybridized carbons (Fsp3) is 0.143. The molecule has 2 aliphatic carbocycles. The first kappa shape index (κ1) is 37.6. The molecule has 0 saturated heterocycles. The fourth-order valence-electron chi connectivity index (χ4n) is 13.2. The first-order valence-corrected chi connectivity index (χ1v) is 24.0. The standard InChI is InChI=1S/C63H47BN2O/c1-61(2,3)36-33-37(62(4,5)6)35-38(34-36)65-50-26-14-10-20-42(50)56-51(65)31-32-52-57(56)43-21-15-25-48-59(43)66(52)53-27-16-28-54-58(53)64(48)49-30-29-47-55(60(49)67-54)41-19-9-13-24-46(41)63(47)44-22-11-7-17-39(44)40-18-8-12-23-45(40)63/h7-35H,1-6H3. The molecular formula is C63H47BN2O. The van der Waals surface area contributed by atoms with Crippen LogP contribution in [0.4, 0.5) is 0 Å². The summed E-state index contributed by atoms with van der Waals surface area (Å²) in [6.45, 7) is 14.0. The summed E-state index contributed by atoms with van der Waals surface area (Å²) in [5.41, 5.74) is 23.8. The lowest BCUT2D eigenvalue weighted by atomic mass is 9.34. The lowest BCUT2D eigenvalue weighted by Gasteiger charge is -2.35. The molecule has 4 heteroatoms. The third-order valence-corrected chi connectivity index (χ3v) is 16.1. The van der Waals surface area contributed by atoms with Gasteiger partial charge in [-0.05, 0) is 120 Å². The Morgan fingerprint density at radius 2 is 1.04 bits per heavy atom. The largest absolute Gasteiger partial charge is 0.458 e. The molecular weight excluding hydrogens is 812 g/mol. The highest BCUT2D eigenvalue weighted by atomic mass is 16.5. The minimum Gasteiger partial charge on any atom is -0.458 e. The maximum absolute atomic E-state index is 7.43. The molecule has 67 heavy (non-hydrogen) atoms. The fourth-order valence-corrected chi connectivity index (χ4v) is 13.2. The topological polar surface area (TPSA) is 19.1 Å². The molecule has 0 saturated carbocycles. The van der Waals surface area contributed by atoms with Crippen LogP contribution in [0.2, 0.25) is 0 Å². The number of hydrogen-bond acceptors (Lipinski definition) is 1. The zero-order valence-electron chi connectivity index (χ0n) is 38.6. The van der Waals surface area contributed by atoms with E-state index in [1.165, 1.54) is 127 Å². The van der Waals surface area contributed by atoms with Crippen molar-refractivity contribution in [2.75, 3.05) is 0 Å². The second-order valence-corrected chi connectivity index (χ2v) is 21.6. The Hall–Kier alpha value is -7.56. The maximum Gasteiger partial charge on any atom is 0.256 e. The van der Waals surface area contributed by atoms with Gasteiger partial charge in [-0.3, -0.25) is 0 Å². The van der Waals surface area contributed by atoms with Crippen molar-refractivity contribution in [3.05, 3.63) is 209 Å². The number of nitrogens with zero attached hydrogens (tertiary/aromatic N) is 2. The number of benzene rings is 9. The lowest BCUT2D eigenvalue weighted by molar-refractivity contribution is 0.488. The Kier molecular flexibility index (Phi) is 7.00. The van der Waals surface area contributed by atoms with Crippen LogP contribution >= 0.6 is 0 Å². The summed E-state index contributed by atoms with van der Waals surface area (Å²) in [7, 11) is 0. The van der Waals surface area contributed by atoms with Gasteiger partial charge in [-0.25, -0.2) is 0 Å². The number of aromatic nitrogens is 2. The van der Waals surface area contributed by atoms with Gasteiger partial charge in [0.05, 0.1) is 22.0 Å². The van der Waals surface area contributed by atoms with Crippen LogP contribution in [0, 0.1) is 0 Å². The summed E-state index contributed by atoms with van der Waals surface area (Å²) < 4.78 is 12.5. The molecule has 2 aliphatic heterocycles. The van der Waals surface area contributed by atoms with E-state index in [2.05, 4.69) is 227 Å². The number of hydrogen-bond donors (Lipinski definition) is 0. The van der Waals surface area contributed by atoms with Crippen molar-refractivity contribution in [2.45, 2.75) is 57.8 Å². The van der Waals surface area contributed by atoms with Gasteiger partial charge in [-0.1, -0.05) is 175 Å². The van der Waals surface area contributed by atoms with Crippen LogP contribution in [0.3, 0.4) is 0 Å². The van der Waals surface area contributed by atoms with Gasteiger partial charge < -0.3 is 13.9 Å². The van der Waals surface area contributed by atoms with Crippen LogP contribution in [0.15, 0.2) is 176 Å². The highest BCUT2D eigenvalue weighted by molar-refractivity contribution is 6.99. The van der Waals surface area contributed by atoms with E-state index < -0.39 is 5.41 Å². The summed E-state index contributed by atoms with van der Waals surface area (Å²) in [6, 6.07) is 66.9. The number of rotatable bonds is 1. The van der Waals surface area contributed by atoms with Crippen LogP contribution in [0.5, 0.6) is 11.5 Å². The summed E-state index contributed by atoms with van der Waals surface area (Å²) in [5.74, 6) is 1.92. The Balaban J connectivity index is 1.01. The van der Waals surface area contributed by atoms with E-state index in [-0.39, 0.29) is 17.5 Å². The maximum atomic E-state index is 7.43. The minimum atomic E-state index is -0.439. The summed E-state index contributed by atoms with van der Waals surface area (Å²) in [5, 5.41) is 5.15. The molecule has 0 N–H and O–H groups in total. The first-order valence-electron chi connectivity index (χ1n) is 24.0. The van der Waals surface area contributed by atoms with Gasteiger partial charge in [0, 0.05) is 44.0 Å². The SMILES string of the molecule is CC(C)(C)c1cc(-n2c3ccccc3c3c4c5cccc6c5n(c4ccc32)-c2cccc3c2B6c2ccc4c(c2O3)-c2ccccc2C42c3ccccc3-c3ccccc32)cc(C(C)(C)C)c1. The number of ether oxygens (including phenoxy) is 1. The molecule has 11 aromatic rings. The van der Waals surface area contributed by atoms with Crippen LogP contribution in [0.25, 0.3) is 77.2 Å². The zero-order valence-corrected chi connectivity index (χ0v) is 38.6. The summed E-state index contributed by atoms with van der Waals surface area (Å²) in [4.78, 5) is 0. The van der Waals surface area contributed by atoms with Crippen molar-refractivity contribution in [3.8, 4) is 45.1 Å². The molecule has 4 heterocycles. The third kappa shape index (κ3) is 4.54. The molecule has 2 aromatic heterocycles. The van der Waals surface area contributed by atoms with E-state index in [0.29, 0.717) is 0 Å². The summed E-state index contributed by atoms with van der Waals surface area (Å²) in [6.07, 6.45) is 0. The molecule has 318 valence electrons. The Morgan fingerprint density at radius 3 is 1.75 bits per heavy atom. The Bertz CT molecular complexity index is 3980. The van der Waals surface area contributed by atoms with Gasteiger partial charge >= 0.3 is 0 Å². The highest BCUT2D eigenvalue weighted by Crippen LogP contribution is 2.64. The van der Waals surface area contributed by atoms with Gasteiger partial charge in [-0.15, -0.1) is 0 Å². The van der Waals surface area contributed by atoms with Gasteiger partial charge in [0.2, 0.25) is 0 Å². The van der Waals surface area contributed by atoms with E-state index in [0.717, 1.165) is 11.5 Å². The predicted octanol–water partition coefficient (Wildman–Crippen LogP) is 13.8. The van der Waals surface area contributed by atoms with Crippen molar-refractivity contribution in [1.82, 2.24) is 9.13 Å². The molecule has 0 atom stereocenters. The average molecular weight is 859 g/mol. The Labute approximate surface area is 391 Å². The molecule has 3 nitrogen and oxygen atoms in total. The normalized spacial score (nSPS) is 14.6.